The van der Waals surface area contributed by atoms with Crippen LogP contribution in [0, 0.1) is 0 Å². The van der Waals surface area contributed by atoms with Crippen LogP contribution in [0.15, 0.2) is 12.3 Å². The topological polar surface area (TPSA) is 48.7 Å². The fourth-order valence-corrected chi connectivity index (χ4v) is 1.91. The van der Waals surface area contributed by atoms with Crippen molar-refractivity contribution in [2.24, 2.45) is 0 Å². The van der Waals surface area contributed by atoms with Crippen LogP contribution in [0.3, 0.4) is 0 Å². The largest absolute Gasteiger partial charge is 0.482 e. The van der Waals surface area contributed by atoms with Crippen LogP contribution in [-0.2, 0) is 5.41 Å². The first-order chi connectivity index (χ1) is 8.16. The molecular weight excluding hydrogens is 218 g/mol. The van der Waals surface area contributed by atoms with Crippen molar-refractivity contribution in [2.75, 3.05) is 14.2 Å². The molecule has 2 aromatic rings. The quantitative estimate of drug-likeness (QED) is 0.811. The minimum absolute atomic E-state index is 0.228. The van der Waals surface area contributed by atoms with Gasteiger partial charge in [0.05, 0.1) is 26.0 Å². The van der Waals surface area contributed by atoms with E-state index >= 15 is 0 Å². The lowest BCUT2D eigenvalue weighted by molar-refractivity contribution is 0.369. The van der Waals surface area contributed by atoms with Gasteiger partial charge in [-0.3, -0.25) is 4.40 Å². The molecule has 2 heterocycles. The summed E-state index contributed by atoms with van der Waals surface area (Å²) in [5.74, 6) is 1.84. The zero-order valence-corrected chi connectivity index (χ0v) is 10.2. The van der Waals surface area contributed by atoms with Crippen molar-refractivity contribution in [3.8, 4) is 11.8 Å². The normalized spacial score (nSPS) is 17.1. The van der Waals surface area contributed by atoms with Crippen molar-refractivity contribution >= 4 is 5.78 Å². The fraction of sp³-hybridized carbons (Fsp3) is 0.500. The van der Waals surface area contributed by atoms with Gasteiger partial charge in [0.2, 0.25) is 17.5 Å². The smallest absolute Gasteiger partial charge is 0.240 e. The van der Waals surface area contributed by atoms with E-state index in [0.29, 0.717) is 17.5 Å². The Hall–Kier alpha value is -1.78. The second-order valence-corrected chi connectivity index (χ2v) is 4.70. The molecule has 0 radical (unpaired) electrons. The Morgan fingerprint density at radius 1 is 1.24 bits per heavy atom. The molecule has 3 rings (SSSR count). The summed E-state index contributed by atoms with van der Waals surface area (Å²) in [5.41, 5.74) is 1.31. The first-order valence-electron chi connectivity index (χ1n) is 5.65. The highest BCUT2D eigenvalue weighted by molar-refractivity contribution is 5.42. The van der Waals surface area contributed by atoms with Crippen molar-refractivity contribution in [2.45, 2.75) is 25.2 Å². The molecule has 1 saturated carbocycles. The van der Waals surface area contributed by atoms with E-state index in [1.165, 1.54) is 12.8 Å². The van der Waals surface area contributed by atoms with E-state index in [1.807, 2.05) is 10.6 Å². The third-order valence-corrected chi connectivity index (χ3v) is 3.42. The van der Waals surface area contributed by atoms with Gasteiger partial charge in [0.15, 0.2) is 0 Å². The van der Waals surface area contributed by atoms with E-state index in [1.54, 1.807) is 20.3 Å². The second-order valence-electron chi connectivity index (χ2n) is 4.70. The number of rotatable bonds is 3. The molecule has 1 aliphatic carbocycles. The van der Waals surface area contributed by atoms with Gasteiger partial charge in [-0.2, -0.15) is 4.98 Å². The highest BCUT2D eigenvalue weighted by atomic mass is 16.5. The monoisotopic (exact) mass is 233 g/mol. The van der Waals surface area contributed by atoms with Crippen LogP contribution >= 0.6 is 0 Å². The van der Waals surface area contributed by atoms with E-state index in [4.69, 9.17) is 9.47 Å². The van der Waals surface area contributed by atoms with Gasteiger partial charge < -0.3 is 9.47 Å². The van der Waals surface area contributed by atoms with Gasteiger partial charge in [-0.15, -0.1) is 0 Å². The molecule has 5 nitrogen and oxygen atoms in total. The van der Waals surface area contributed by atoms with Crippen LogP contribution in [0.1, 0.15) is 25.5 Å². The lowest BCUT2D eigenvalue weighted by Gasteiger charge is -2.05. The molecule has 0 aliphatic heterocycles. The van der Waals surface area contributed by atoms with Gasteiger partial charge >= 0.3 is 0 Å². The van der Waals surface area contributed by atoms with E-state index in [9.17, 15) is 0 Å². The van der Waals surface area contributed by atoms with E-state index < -0.39 is 0 Å². The lowest BCUT2D eigenvalue weighted by Crippen LogP contribution is -1.99. The average molecular weight is 233 g/mol. The summed E-state index contributed by atoms with van der Waals surface area (Å²) in [6.45, 7) is 2.22. The molecule has 0 saturated heterocycles. The van der Waals surface area contributed by atoms with Gasteiger partial charge in [0, 0.05) is 11.6 Å². The standard InChI is InChI=1S/C12H15N3O2/c1-12(4-5-12)8-7-15-10(17-3)6-9(16-2)14-11(15)13-8/h6-7H,4-5H2,1-3H3. The number of methoxy groups -OCH3 is 2. The van der Waals surface area contributed by atoms with Crippen molar-refractivity contribution in [1.29, 1.82) is 0 Å². The summed E-state index contributed by atoms with van der Waals surface area (Å²) >= 11 is 0. The van der Waals surface area contributed by atoms with Crippen molar-refractivity contribution in [1.82, 2.24) is 14.4 Å². The van der Waals surface area contributed by atoms with E-state index in [2.05, 4.69) is 16.9 Å². The molecule has 90 valence electrons. The van der Waals surface area contributed by atoms with Crippen molar-refractivity contribution < 1.29 is 9.47 Å². The number of hydrogen-bond acceptors (Lipinski definition) is 4. The fourth-order valence-electron chi connectivity index (χ4n) is 1.91. The van der Waals surface area contributed by atoms with Gasteiger partial charge in [-0.25, -0.2) is 4.98 Å². The summed E-state index contributed by atoms with van der Waals surface area (Å²) < 4.78 is 12.3. The van der Waals surface area contributed by atoms with Crippen molar-refractivity contribution in [3.05, 3.63) is 18.0 Å². The predicted octanol–water partition coefficient (Wildman–Crippen LogP) is 1.80. The van der Waals surface area contributed by atoms with Gasteiger partial charge in [-0.05, 0) is 12.8 Å². The van der Waals surface area contributed by atoms with Crippen LogP contribution in [-0.4, -0.2) is 28.6 Å². The summed E-state index contributed by atoms with van der Waals surface area (Å²) in [7, 11) is 3.22. The molecule has 5 heteroatoms. The molecule has 2 aromatic heterocycles. The molecule has 0 spiro atoms. The highest BCUT2D eigenvalue weighted by Crippen LogP contribution is 2.47. The minimum Gasteiger partial charge on any atom is -0.482 e. The average Bonchev–Trinajstić information content (AvgIpc) is 2.94. The zero-order chi connectivity index (χ0) is 12.0. The molecular formula is C12H15N3O2. The van der Waals surface area contributed by atoms with Crippen LogP contribution in [0.4, 0.5) is 0 Å². The number of aromatic nitrogens is 3. The molecule has 0 aromatic carbocycles. The SMILES string of the molecule is COc1cc(OC)n2cc(C3(C)CC3)nc2n1. The molecule has 0 bridgehead atoms. The first kappa shape index (κ1) is 10.4. The molecule has 0 N–H and O–H groups in total. The van der Waals surface area contributed by atoms with Gasteiger partial charge in [-0.1, -0.05) is 6.92 Å². The lowest BCUT2D eigenvalue weighted by atomic mass is 10.1. The summed E-state index contributed by atoms with van der Waals surface area (Å²) in [6.07, 6.45) is 4.39. The number of fused-ring (bicyclic) bond motifs is 1. The zero-order valence-electron chi connectivity index (χ0n) is 10.2. The Balaban J connectivity index is 2.20. The highest BCUT2D eigenvalue weighted by Gasteiger charge is 2.41. The Labute approximate surface area is 99.4 Å². The van der Waals surface area contributed by atoms with Crippen molar-refractivity contribution in [3.63, 3.8) is 0 Å². The molecule has 0 atom stereocenters. The van der Waals surface area contributed by atoms with E-state index in [0.717, 1.165) is 5.69 Å². The predicted molar refractivity (Wildman–Crippen MR) is 62.7 cm³/mol. The summed E-state index contributed by atoms with van der Waals surface area (Å²) in [6, 6.07) is 1.76. The molecule has 1 aliphatic rings. The molecule has 0 amide bonds. The van der Waals surface area contributed by atoms with Crippen LogP contribution in [0.2, 0.25) is 0 Å². The van der Waals surface area contributed by atoms with Gasteiger partial charge in [0.25, 0.3) is 0 Å². The number of ether oxygens (including phenoxy) is 2. The maximum atomic E-state index is 5.32. The maximum Gasteiger partial charge on any atom is 0.240 e. The third kappa shape index (κ3) is 1.53. The summed E-state index contributed by atoms with van der Waals surface area (Å²) in [4.78, 5) is 8.87. The molecule has 0 unspecified atom stereocenters. The second kappa shape index (κ2) is 3.35. The Kier molecular flexibility index (Phi) is 2.05. The third-order valence-electron chi connectivity index (χ3n) is 3.42. The first-order valence-corrected chi connectivity index (χ1v) is 5.65. The maximum absolute atomic E-state index is 5.32. The Morgan fingerprint density at radius 2 is 2.00 bits per heavy atom. The van der Waals surface area contributed by atoms with Crippen LogP contribution in [0.25, 0.3) is 5.78 Å². The Morgan fingerprint density at radius 3 is 2.59 bits per heavy atom. The number of hydrogen-bond donors (Lipinski definition) is 0. The molecule has 17 heavy (non-hydrogen) atoms. The van der Waals surface area contributed by atoms with Crippen LogP contribution in [0.5, 0.6) is 11.8 Å². The van der Waals surface area contributed by atoms with Crippen LogP contribution < -0.4 is 9.47 Å². The van der Waals surface area contributed by atoms with Gasteiger partial charge in [0.1, 0.15) is 0 Å². The number of imidazole rings is 1. The Bertz CT molecular complexity index is 572. The summed E-state index contributed by atoms with van der Waals surface area (Å²) in [5, 5.41) is 0. The minimum atomic E-state index is 0.228. The molecule has 1 fully saturated rings. The van der Waals surface area contributed by atoms with E-state index in [-0.39, 0.29) is 5.41 Å². The number of nitrogens with zero attached hydrogens (tertiary/aromatic N) is 3.